The molecule has 0 bridgehead atoms. The number of nitrogens with zero attached hydrogens (tertiary/aromatic N) is 1. The van der Waals surface area contributed by atoms with E-state index in [-0.39, 0.29) is 44.5 Å². The second-order valence-electron chi connectivity index (χ2n) is 7.95. The van der Waals surface area contributed by atoms with Gasteiger partial charge in [-0.3, -0.25) is 4.31 Å². The van der Waals surface area contributed by atoms with Crippen LogP contribution in [0.25, 0.3) is 0 Å². The van der Waals surface area contributed by atoms with Gasteiger partial charge in [-0.05, 0) is 47.2 Å². The maximum Gasteiger partial charge on any atom is 0.238 e. The summed E-state index contributed by atoms with van der Waals surface area (Å²) in [7, 11) is -0.331. The Morgan fingerprint density at radius 2 is 1.82 bits per heavy atom. The summed E-state index contributed by atoms with van der Waals surface area (Å²) in [6.07, 6.45) is -1.19. The molecule has 0 saturated carbocycles. The molecule has 2 atom stereocenters. The van der Waals surface area contributed by atoms with Crippen LogP contribution >= 0.6 is 0 Å². The van der Waals surface area contributed by atoms with Crippen LogP contribution in [0.3, 0.4) is 0 Å². The van der Waals surface area contributed by atoms with E-state index in [0.717, 1.165) is 11.1 Å². The molecule has 1 aliphatic rings. The molecule has 0 N–H and O–H groups in total. The third kappa shape index (κ3) is 4.95. The van der Waals surface area contributed by atoms with E-state index in [2.05, 4.69) is 27.9 Å². The van der Waals surface area contributed by atoms with E-state index in [1.165, 1.54) is 4.31 Å². The summed E-state index contributed by atoms with van der Waals surface area (Å²) in [5.41, 5.74) is 2.35. The molecule has 1 saturated heterocycles. The van der Waals surface area contributed by atoms with Crippen molar-refractivity contribution in [3.63, 3.8) is 0 Å². The minimum Gasteiger partial charge on any atom is -0.665 e. The third-order valence-electron chi connectivity index (χ3n) is 4.89. The predicted octanol–water partition coefficient (Wildman–Crippen LogP) is 4.25. The zero-order valence-corrected chi connectivity index (χ0v) is 20.1. The Kier molecular flexibility index (Phi) is 7.33. The molecule has 28 heavy (non-hydrogen) atoms. The van der Waals surface area contributed by atoms with Crippen LogP contribution in [0.5, 0.6) is 5.75 Å². The van der Waals surface area contributed by atoms with Crippen molar-refractivity contribution >= 4 is 15.7 Å². The summed E-state index contributed by atoms with van der Waals surface area (Å²) in [6, 6.07) is 13.7. The first-order valence-corrected chi connectivity index (χ1v) is 10.5. The van der Waals surface area contributed by atoms with Crippen LogP contribution < -0.4 is 9.04 Å². The van der Waals surface area contributed by atoms with Crippen molar-refractivity contribution in [2.45, 2.75) is 44.8 Å². The van der Waals surface area contributed by atoms with Crippen molar-refractivity contribution in [1.82, 2.24) is 0 Å². The quantitative estimate of drug-likeness (QED) is 0.617. The summed E-state index contributed by atoms with van der Waals surface area (Å²) >= 11 is 0. The van der Waals surface area contributed by atoms with E-state index < -0.39 is 28.0 Å². The fourth-order valence-corrected chi connectivity index (χ4v) is 5.27. The van der Waals surface area contributed by atoms with Crippen LogP contribution in [-0.2, 0) is 54.6 Å². The first kappa shape index (κ1) is 23.3. The summed E-state index contributed by atoms with van der Waals surface area (Å²) in [5.74, 6) is 0.0642. The number of sulfonamides is 1. The Labute approximate surface area is 192 Å². The standard InChI is InChI=1S/C21H25FNO3S.Y/c1-21(2,3)16-8-10-17(11-9-16)23-20(19(22)14-27(23,24)25)13-15-6-5-7-18(12-15)26-4;/h5-12,19-20H,4,13-14H2,1-3H3;/q-1;. The molecule has 0 aliphatic carbocycles. The van der Waals surface area contributed by atoms with Gasteiger partial charge in [0.15, 0.2) is 0 Å². The molecule has 0 spiro atoms. The third-order valence-corrected chi connectivity index (χ3v) is 6.71. The van der Waals surface area contributed by atoms with Crippen LogP contribution in [0.2, 0.25) is 0 Å². The Morgan fingerprint density at radius 1 is 1.18 bits per heavy atom. The van der Waals surface area contributed by atoms with Gasteiger partial charge in [-0.1, -0.05) is 45.0 Å². The second-order valence-corrected chi connectivity index (χ2v) is 9.84. The Balaban J connectivity index is 0.00000280. The molecule has 1 aliphatic heterocycles. The van der Waals surface area contributed by atoms with E-state index in [9.17, 15) is 12.8 Å². The van der Waals surface area contributed by atoms with E-state index in [1.807, 2.05) is 18.2 Å². The molecule has 1 radical (unpaired) electrons. The van der Waals surface area contributed by atoms with Gasteiger partial charge in [0.05, 0.1) is 17.5 Å². The Bertz CT molecular complexity index is 910. The maximum atomic E-state index is 14.7. The molecule has 2 aromatic rings. The smallest absolute Gasteiger partial charge is 0.238 e. The first-order chi connectivity index (χ1) is 12.6. The summed E-state index contributed by atoms with van der Waals surface area (Å²) in [4.78, 5) is 0. The number of ether oxygens (including phenoxy) is 1. The van der Waals surface area contributed by atoms with Gasteiger partial charge in [0.25, 0.3) is 0 Å². The average molecular weight is 479 g/mol. The summed E-state index contributed by atoms with van der Waals surface area (Å²) in [6.45, 7) is 6.27. The van der Waals surface area contributed by atoms with Crippen LogP contribution in [0, 0.1) is 7.11 Å². The molecule has 149 valence electrons. The fraction of sp³-hybridized carbons (Fsp3) is 0.381. The molecule has 4 nitrogen and oxygen atoms in total. The number of hydrogen-bond donors (Lipinski definition) is 0. The average Bonchev–Trinajstić information content (AvgIpc) is 2.82. The zero-order valence-electron chi connectivity index (χ0n) is 16.4. The molecule has 0 aromatic heterocycles. The minimum atomic E-state index is -3.71. The van der Waals surface area contributed by atoms with Crippen LogP contribution in [0.1, 0.15) is 31.9 Å². The zero-order chi connectivity index (χ0) is 19.8. The molecular weight excluding hydrogens is 454 g/mol. The van der Waals surface area contributed by atoms with Gasteiger partial charge >= 0.3 is 0 Å². The molecule has 7 heteroatoms. The van der Waals surface area contributed by atoms with Crippen molar-refractivity contribution in [3.05, 3.63) is 66.8 Å². The van der Waals surface area contributed by atoms with Crippen LogP contribution in [-0.4, -0.2) is 26.4 Å². The monoisotopic (exact) mass is 479 g/mol. The van der Waals surface area contributed by atoms with Crippen molar-refractivity contribution in [2.75, 3.05) is 10.1 Å². The van der Waals surface area contributed by atoms with Gasteiger partial charge < -0.3 is 4.74 Å². The SMILES string of the molecule is [CH2-]Oc1cccc(CC2C(F)CS(=O)(=O)N2c2ccc(C(C)(C)C)cc2)c1.[Y]. The fourth-order valence-electron chi connectivity index (χ4n) is 3.42. The van der Waals surface area contributed by atoms with Crippen LogP contribution in [0.4, 0.5) is 10.1 Å². The first-order valence-electron chi connectivity index (χ1n) is 8.89. The Morgan fingerprint density at radius 3 is 2.39 bits per heavy atom. The Hall–Kier alpha value is -0.976. The van der Waals surface area contributed by atoms with E-state index in [0.29, 0.717) is 11.4 Å². The van der Waals surface area contributed by atoms with Gasteiger partial charge in [0.1, 0.15) is 11.9 Å². The van der Waals surface area contributed by atoms with Gasteiger partial charge in [-0.2, -0.15) is 7.11 Å². The molecule has 1 fully saturated rings. The predicted molar refractivity (Wildman–Crippen MR) is 106 cm³/mol. The number of benzene rings is 2. The molecular formula is C21H25FNO3SY-. The van der Waals surface area contributed by atoms with Crippen molar-refractivity contribution in [1.29, 1.82) is 0 Å². The summed E-state index contributed by atoms with van der Waals surface area (Å²) in [5, 5.41) is 0. The normalized spacial score (nSPS) is 21.2. The van der Waals surface area contributed by atoms with Gasteiger partial charge in [0, 0.05) is 32.7 Å². The number of alkyl halides is 1. The molecule has 1 heterocycles. The van der Waals surface area contributed by atoms with Crippen molar-refractivity contribution in [3.8, 4) is 5.75 Å². The maximum absolute atomic E-state index is 14.7. The van der Waals surface area contributed by atoms with Gasteiger partial charge in [-0.25, -0.2) is 12.8 Å². The number of anilines is 1. The second kappa shape index (κ2) is 8.80. The molecule has 3 rings (SSSR count). The van der Waals surface area contributed by atoms with Crippen molar-refractivity contribution < 1.29 is 50.3 Å². The van der Waals surface area contributed by atoms with Crippen LogP contribution in [0.15, 0.2) is 48.5 Å². The van der Waals surface area contributed by atoms with Gasteiger partial charge in [-0.15, -0.1) is 0 Å². The molecule has 2 unspecified atom stereocenters. The molecule has 2 aromatic carbocycles. The van der Waals surface area contributed by atoms with E-state index in [4.69, 9.17) is 4.74 Å². The largest absolute Gasteiger partial charge is 0.665 e. The molecule has 0 amide bonds. The topological polar surface area (TPSA) is 46.6 Å². The van der Waals surface area contributed by atoms with E-state index in [1.54, 1.807) is 30.3 Å². The minimum absolute atomic E-state index is 0. The number of halogens is 1. The van der Waals surface area contributed by atoms with Gasteiger partial charge in [0.2, 0.25) is 10.0 Å². The van der Waals surface area contributed by atoms with E-state index >= 15 is 0 Å². The summed E-state index contributed by atoms with van der Waals surface area (Å²) < 4.78 is 46.2. The number of rotatable bonds is 4. The van der Waals surface area contributed by atoms with Crippen molar-refractivity contribution in [2.24, 2.45) is 0 Å². The number of hydrogen-bond acceptors (Lipinski definition) is 3.